The minimum atomic E-state index is -0.279. The Labute approximate surface area is 419 Å². The van der Waals surface area contributed by atoms with Crippen LogP contribution in [0.3, 0.4) is 0 Å². The summed E-state index contributed by atoms with van der Waals surface area (Å²) in [7, 11) is 0. The summed E-state index contributed by atoms with van der Waals surface area (Å²) in [5.74, 6) is 5.01. The van der Waals surface area contributed by atoms with Crippen molar-refractivity contribution in [3.63, 3.8) is 0 Å². The van der Waals surface area contributed by atoms with Crippen LogP contribution >= 0.6 is 0 Å². The van der Waals surface area contributed by atoms with Crippen LogP contribution in [0.2, 0.25) is 0 Å². The Balaban J connectivity index is 1.11. The van der Waals surface area contributed by atoms with Crippen LogP contribution in [0.25, 0.3) is 0 Å². The van der Waals surface area contributed by atoms with Crippen molar-refractivity contribution in [1.29, 1.82) is 0 Å². The van der Waals surface area contributed by atoms with Gasteiger partial charge in [0.1, 0.15) is 6.10 Å². The fourth-order valence-corrected chi connectivity index (χ4v) is 13.8. The highest BCUT2D eigenvalue weighted by Crippen LogP contribution is 2.67. The fourth-order valence-electron chi connectivity index (χ4n) is 13.8. The molecule has 4 aliphatic carbocycles. The second kappa shape index (κ2) is 32.6. The molecule has 0 aromatic carbocycles. The van der Waals surface area contributed by atoms with E-state index in [0.29, 0.717) is 38.0 Å². The zero-order valence-electron chi connectivity index (χ0n) is 45.3. The molecule has 4 rings (SSSR count). The molecule has 0 saturated heterocycles. The van der Waals surface area contributed by atoms with Gasteiger partial charge in [-0.15, -0.1) is 0 Å². The number of hydrogen-bond donors (Lipinski definition) is 3. The smallest absolute Gasteiger partial charge is 0.407 e. The minimum absolute atomic E-state index is 0.0362. The number of rotatable bonds is 36. The van der Waals surface area contributed by atoms with Crippen molar-refractivity contribution in [2.24, 2.45) is 52.1 Å². The molecule has 0 unspecified atom stereocenters. The van der Waals surface area contributed by atoms with Gasteiger partial charge in [-0.05, 0) is 156 Å². The average Bonchev–Trinajstić information content (AvgIpc) is 3.68. The van der Waals surface area contributed by atoms with Gasteiger partial charge in [-0.2, -0.15) is 0 Å². The Kier molecular flexibility index (Phi) is 27.9. The number of alkyl carbamates (subject to hydrolysis) is 1. The maximum absolute atomic E-state index is 13.4. The molecule has 4 aliphatic rings. The van der Waals surface area contributed by atoms with Gasteiger partial charge >= 0.3 is 6.09 Å². The number of unbranched alkanes of at least 4 members (excludes halogenated alkanes) is 17. The molecule has 0 aromatic rings. The van der Waals surface area contributed by atoms with E-state index >= 15 is 0 Å². The summed E-state index contributed by atoms with van der Waals surface area (Å²) in [5.41, 5.74) is 7.95. The second-order valence-electron chi connectivity index (χ2n) is 23.6. The number of nitrogens with one attached hydrogen (secondary N) is 2. The van der Waals surface area contributed by atoms with Crippen molar-refractivity contribution in [2.75, 3.05) is 32.7 Å². The lowest BCUT2D eigenvalue weighted by Crippen LogP contribution is -2.51. The molecule has 68 heavy (non-hydrogen) atoms. The van der Waals surface area contributed by atoms with Crippen LogP contribution in [-0.2, 0) is 14.3 Å². The number of ether oxygens (including phenoxy) is 1. The first-order valence-corrected chi connectivity index (χ1v) is 29.5. The third-order valence-electron chi connectivity index (χ3n) is 18.0. The van der Waals surface area contributed by atoms with E-state index in [1.54, 1.807) is 10.5 Å². The summed E-state index contributed by atoms with van der Waals surface area (Å²) in [6.07, 6.45) is 45.2. The predicted octanol–water partition coefficient (Wildman–Crippen LogP) is 15.2. The molecule has 4 N–H and O–H groups in total. The number of allylic oxidation sites excluding steroid dienone is 3. The SMILES string of the molecule is CCCCCCCC/C=C\CCCCCCCC(=O)N(CCCCCCNC(=O)O[C@H]1CC[C@@]2(C)C(=CC[C@H]3[C@@H]4CC[C@H]([C@H](C)CCCC(C)C)[C@@]4(C)CC[C@@H]32)C1)CC(=O)NCCCCCCN. The molecule has 8 nitrogen and oxygen atoms in total. The molecule has 0 bridgehead atoms. The zero-order valence-corrected chi connectivity index (χ0v) is 45.3. The summed E-state index contributed by atoms with van der Waals surface area (Å²) >= 11 is 0. The maximum atomic E-state index is 13.4. The normalized spacial score (nSPS) is 25.9. The van der Waals surface area contributed by atoms with Crippen molar-refractivity contribution in [2.45, 2.75) is 260 Å². The molecule has 392 valence electrons. The van der Waals surface area contributed by atoms with Gasteiger partial charge in [-0.3, -0.25) is 9.59 Å². The van der Waals surface area contributed by atoms with Crippen molar-refractivity contribution < 1.29 is 19.1 Å². The van der Waals surface area contributed by atoms with Gasteiger partial charge in [0, 0.05) is 32.5 Å². The molecular weight excluding hydrogens is 841 g/mol. The molecule has 8 heteroatoms. The van der Waals surface area contributed by atoms with Gasteiger partial charge < -0.3 is 26.0 Å². The number of hydrogen-bond acceptors (Lipinski definition) is 5. The van der Waals surface area contributed by atoms with Crippen molar-refractivity contribution in [1.82, 2.24) is 15.5 Å². The van der Waals surface area contributed by atoms with Crippen molar-refractivity contribution in [3.05, 3.63) is 23.8 Å². The summed E-state index contributed by atoms with van der Waals surface area (Å²) in [6.45, 7) is 17.5. The van der Waals surface area contributed by atoms with Gasteiger partial charge in [0.15, 0.2) is 0 Å². The first-order chi connectivity index (χ1) is 32.9. The quantitative estimate of drug-likeness (QED) is 0.0428. The van der Waals surface area contributed by atoms with Gasteiger partial charge in [0.05, 0.1) is 6.54 Å². The molecule has 3 saturated carbocycles. The molecule has 0 radical (unpaired) electrons. The van der Waals surface area contributed by atoms with Crippen LogP contribution in [0.4, 0.5) is 4.79 Å². The average molecular weight is 950 g/mol. The number of nitrogens with zero attached hydrogens (tertiary/aromatic N) is 1. The molecule has 0 spiro atoms. The Morgan fingerprint density at radius 1 is 0.735 bits per heavy atom. The van der Waals surface area contributed by atoms with Crippen LogP contribution < -0.4 is 16.4 Å². The summed E-state index contributed by atoms with van der Waals surface area (Å²) in [6, 6.07) is 0. The molecule has 0 aromatic heterocycles. The molecule has 0 aliphatic heterocycles. The monoisotopic (exact) mass is 949 g/mol. The van der Waals surface area contributed by atoms with Gasteiger partial charge in [0.25, 0.3) is 0 Å². The molecule has 3 amide bonds. The van der Waals surface area contributed by atoms with E-state index in [-0.39, 0.29) is 36.0 Å². The fraction of sp³-hybridized carbons (Fsp3) is 0.883. The van der Waals surface area contributed by atoms with Gasteiger partial charge in [0.2, 0.25) is 11.8 Å². The predicted molar refractivity (Wildman–Crippen MR) is 286 cm³/mol. The van der Waals surface area contributed by atoms with Crippen LogP contribution in [0.5, 0.6) is 0 Å². The van der Waals surface area contributed by atoms with Crippen LogP contribution in [0.1, 0.15) is 253 Å². The van der Waals surface area contributed by atoms with Crippen LogP contribution in [0, 0.1) is 46.3 Å². The number of fused-ring (bicyclic) bond motifs is 5. The Bertz CT molecular complexity index is 1480. The van der Waals surface area contributed by atoms with Crippen molar-refractivity contribution >= 4 is 17.9 Å². The number of nitrogens with two attached hydrogens (primary N) is 1. The number of carbonyl (C=O) groups excluding carboxylic acids is 3. The number of carbonyl (C=O) groups is 3. The van der Waals surface area contributed by atoms with E-state index < -0.39 is 0 Å². The minimum Gasteiger partial charge on any atom is -0.446 e. The first kappa shape index (κ1) is 58.2. The molecule has 0 heterocycles. The van der Waals surface area contributed by atoms with E-state index in [0.717, 1.165) is 132 Å². The lowest BCUT2D eigenvalue weighted by Gasteiger charge is -2.58. The topological polar surface area (TPSA) is 114 Å². The van der Waals surface area contributed by atoms with Crippen LogP contribution in [0.15, 0.2) is 23.8 Å². The van der Waals surface area contributed by atoms with Crippen molar-refractivity contribution in [3.8, 4) is 0 Å². The largest absolute Gasteiger partial charge is 0.446 e. The summed E-state index contributed by atoms with van der Waals surface area (Å²) in [4.78, 5) is 41.1. The highest BCUT2D eigenvalue weighted by molar-refractivity contribution is 5.84. The highest BCUT2D eigenvalue weighted by Gasteiger charge is 2.59. The number of amides is 3. The Morgan fingerprint density at radius 2 is 1.38 bits per heavy atom. The zero-order chi connectivity index (χ0) is 49.0. The lowest BCUT2D eigenvalue weighted by molar-refractivity contribution is -0.136. The molecule has 8 atom stereocenters. The third-order valence-corrected chi connectivity index (χ3v) is 18.0. The van der Waals surface area contributed by atoms with Gasteiger partial charge in [-0.25, -0.2) is 4.79 Å². The second-order valence-corrected chi connectivity index (χ2v) is 23.6. The molecular formula is C60H108N4O4. The third kappa shape index (κ3) is 19.7. The van der Waals surface area contributed by atoms with E-state index in [2.05, 4.69) is 70.4 Å². The highest BCUT2D eigenvalue weighted by atomic mass is 16.6. The van der Waals surface area contributed by atoms with Crippen LogP contribution in [-0.4, -0.2) is 61.6 Å². The summed E-state index contributed by atoms with van der Waals surface area (Å²) in [5, 5.41) is 6.10. The Hall–Kier alpha value is -2.35. The Morgan fingerprint density at radius 3 is 2.09 bits per heavy atom. The first-order valence-electron chi connectivity index (χ1n) is 29.5. The van der Waals surface area contributed by atoms with Gasteiger partial charge in [-0.1, -0.05) is 162 Å². The molecule has 3 fully saturated rings. The van der Waals surface area contributed by atoms with E-state index in [1.165, 1.54) is 109 Å². The summed E-state index contributed by atoms with van der Waals surface area (Å²) < 4.78 is 6.08. The maximum Gasteiger partial charge on any atom is 0.407 e. The van der Waals surface area contributed by atoms with E-state index in [9.17, 15) is 14.4 Å². The lowest BCUT2D eigenvalue weighted by atomic mass is 9.47. The standard InChI is InChI=1S/C60H108N4O4/c1-7-8-9-10-11-12-13-14-15-16-17-18-19-20-25-33-57(66)64(47-56(65)62-43-27-22-21-26-42-61)45-29-24-23-28-44-63-58(67)68-51-38-40-59(5)50(46-51)34-35-52-54-37-36-53(49(4)32-30-31-48(2)3)60(54,6)41-39-55(52)59/h14-15,34,48-49,51-55H,7-13,16-33,35-47,61H2,1-6H3,(H,62,65)(H,63,67)/b15-14-/t49-,51+,52+,53-,54+,55+,59+,60-/m1/s1. The van der Waals surface area contributed by atoms with E-state index in [1.807, 2.05) is 0 Å². The van der Waals surface area contributed by atoms with E-state index in [4.69, 9.17) is 10.5 Å².